The van der Waals surface area contributed by atoms with Crippen molar-refractivity contribution in [3.8, 4) is 0 Å². The molecule has 15 heteroatoms. The molecule has 0 spiro atoms. The fraction of sp³-hybridized carbons (Fsp3) is 0.526. The lowest BCUT2D eigenvalue weighted by Gasteiger charge is -2.15. The van der Waals surface area contributed by atoms with Crippen LogP contribution >= 0.6 is 7.82 Å². The summed E-state index contributed by atoms with van der Waals surface area (Å²) in [5, 5.41) is 25.8. The fourth-order valence-electron chi connectivity index (χ4n) is 2.24. The second-order valence-corrected chi connectivity index (χ2v) is 7.62. The predicted octanol–water partition coefficient (Wildman–Crippen LogP) is 0.236. The number of benzene rings is 1. The van der Waals surface area contributed by atoms with E-state index in [0.29, 0.717) is 15.7 Å². The van der Waals surface area contributed by atoms with Crippen molar-refractivity contribution in [3.63, 3.8) is 0 Å². The Bertz CT molecular complexity index is 1010. The molecule has 0 amide bonds. The normalized spacial score (nSPS) is 12.8. The summed E-state index contributed by atoms with van der Waals surface area (Å²) in [5.74, 6) is -2.10. The molecule has 0 aliphatic rings. The molecule has 190 valence electrons. The van der Waals surface area contributed by atoms with Gasteiger partial charge in [-0.2, -0.15) is 0 Å². The van der Waals surface area contributed by atoms with Crippen LogP contribution in [0.2, 0.25) is 0 Å². The van der Waals surface area contributed by atoms with E-state index in [2.05, 4.69) is 19.8 Å². The van der Waals surface area contributed by atoms with Crippen molar-refractivity contribution in [1.82, 2.24) is 15.2 Å². The van der Waals surface area contributed by atoms with Gasteiger partial charge in [0.1, 0.15) is 5.52 Å². The number of aliphatic hydroxyl groups excluding tert-OH is 2. The van der Waals surface area contributed by atoms with E-state index in [1.54, 1.807) is 52.0 Å². The van der Waals surface area contributed by atoms with Crippen molar-refractivity contribution in [3.05, 3.63) is 34.6 Å². The van der Waals surface area contributed by atoms with Gasteiger partial charge in [-0.1, -0.05) is 12.1 Å². The summed E-state index contributed by atoms with van der Waals surface area (Å²) in [6.45, 7) is 6.67. The summed E-state index contributed by atoms with van der Waals surface area (Å²) in [7, 11) is -3.89. The summed E-state index contributed by atoms with van der Waals surface area (Å²) in [6.07, 6.45) is -3.79. The monoisotopic (exact) mass is 505 g/mol. The van der Waals surface area contributed by atoms with Crippen LogP contribution < -0.4 is 10.2 Å². The molecule has 14 nitrogen and oxygen atoms in total. The Morgan fingerprint density at radius 1 is 0.941 bits per heavy atom. The average Bonchev–Trinajstić information content (AvgIpc) is 2.81. The van der Waals surface area contributed by atoms with E-state index in [9.17, 15) is 18.9 Å². The lowest BCUT2D eigenvalue weighted by atomic mass is 10.2. The van der Waals surface area contributed by atoms with Crippen molar-refractivity contribution < 1.29 is 47.5 Å². The number of nitrogens with zero attached hydrogens (tertiary/aromatic N) is 3. The van der Waals surface area contributed by atoms with Crippen LogP contribution in [0.3, 0.4) is 0 Å². The maximum Gasteiger partial charge on any atom is 0.550 e. The number of phosphoric acid groups is 1. The molecule has 1 heterocycles. The first-order valence-corrected chi connectivity index (χ1v) is 11.7. The Morgan fingerprint density at radius 2 is 1.44 bits per heavy atom. The molecule has 2 aromatic rings. The van der Waals surface area contributed by atoms with Crippen molar-refractivity contribution in [2.45, 2.75) is 39.9 Å². The number of aliphatic hydroxyl groups is 2. The highest BCUT2D eigenvalue weighted by molar-refractivity contribution is 7.48. The molecule has 0 fully saturated rings. The molecular weight excluding hydrogens is 477 g/mol. The second kappa shape index (κ2) is 14.4. The number of carbonyl (C=O) groups excluding carboxylic acids is 2. The van der Waals surface area contributed by atoms with Crippen LogP contribution in [0.15, 0.2) is 29.1 Å². The van der Waals surface area contributed by atoms with Crippen LogP contribution in [0.25, 0.3) is 10.9 Å². The van der Waals surface area contributed by atoms with E-state index in [0.717, 1.165) is 0 Å². The van der Waals surface area contributed by atoms with E-state index in [-0.39, 0.29) is 26.4 Å². The van der Waals surface area contributed by atoms with Gasteiger partial charge in [0.05, 0.1) is 31.8 Å². The number of hydrogen-bond donors (Lipinski definition) is 2. The molecule has 0 radical (unpaired) electrons. The standard InChI is InChI=1S/C11H14N3O5P.C8H14O6/c1-3-17-20(16,18-4-2)19-14-11(15)9-7-5-6-8-10(9)12-13-14;1-3-13-7(11)5(9)6(10)8(12)14-4-2/h5-8H,3-4H2,1-2H3;5-6,9-10H,3-4H2,1-2H3. The number of esters is 2. The molecule has 1 aromatic heterocycles. The minimum atomic E-state index is -3.89. The Balaban J connectivity index is 0.000000365. The van der Waals surface area contributed by atoms with Crippen molar-refractivity contribution in [2.24, 2.45) is 0 Å². The summed E-state index contributed by atoms with van der Waals surface area (Å²) in [6, 6.07) is 6.62. The minimum absolute atomic E-state index is 0.0610. The summed E-state index contributed by atoms with van der Waals surface area (Å²) in [5.41, 5.74) is -0.171. The van der Waals surface area contributed by atoms with Crippen LogP contribution in [0, 0.1) is 0 Å². The molecule has 2 rings (SSSR count). The zero-order chi connectivity index (χ0) is 25.7. The number of ether oxygens (including phenoxy) is 2. The molecule has 34 heavy (non-hydrogen) atoms. The van der Waals surface area contributed by atoms with E-state index in [1.165, 1.54) is 0 Å². The van der Waals surface area contributed by atoms with E-state index in [4.69, 9.17) is 23.9 Å². The number of aromatic nitrogens is 3. The minimum Gasteiger partial charge on any atom is -0.464 e. The largest absolute Gasteiger partial charge is 0.550 e. The van der Waals surface area contributed by atoms with Crippen LogP contribution in [-0.2, 0) is 32.7 Å². The number of rotatable bonds is 11. The maximum atomic E-state index is 12.2. The quantitative estimate of drug-likeness (QED) is 0.313. The van der Waals surface area contributed by atoms with Crippen molar-refractivity contribution >= 4 is 30.7 Å². The summed E-state index contributed by atoms with van der Waals surface area (Å²) < 4.78 is 35.8. The Morgan fingerprint density at radius 3 is 1.91 bits per heavy atom. The lowest BCUT2D eigenvalue weighted by molar-refractivity contribution is -0.172. The summed E-state index contributed by atoms with van der Waals surface area (Å²) >= 11 is 0. The molecule has 0 aliphatic heterocycles. The molecule has 0 saturated heterocycles. The van der Waals surface area contributed by atoms with E-state index in [1.807, 2.05) is 0 Å². The highest BCUT2D eigenvalue weighted by Crippen LogP contribution is 2.45. The third-order valence-corrected chi connectivity index (χ3v) is 5.15. The van der Waals surface area contributed by atoms with Gasteiger partial charge in [-0.3, -0.25) is 18.5 Å². The first-order chi connectivity index (χ1) is 16.1. The molecule has 2 unspecified atom stereocenters. The van der Waals surface area contributed by atoms with Crippen LogP contribution in [0.4, 0.5) is 0 Å². The Hall–Kier alpha value is -2.90. The first kappa shape index (κ1) is 29.1. The second-order valence-electron chi connectivity index (χ2n) is 6.04. The highest BCUT2D eigenvalue weighted by Gasteiger charge is 2.32. The van der Waals surface area contributed by atoms with Gasteiger partial charge in [-0.05, 0) is 49.9 Å². The Labute approximate surface area is 194 Å². The maximum absolute atomic E-state index is 12.2. The fourth-order valence-corrected chi connectivity index (χ4v) is 3.33. The molecule has 0 bridgehead atoms. The van der Waals surface area contributed by atoms with Crippen LogP contribution in [-0.4, -0.2) is 75.9 Å². The van der Waals surface area contributed by atoms with Gasteiger partial charge in [0.25, 0.3) is 0 Å². The van der Waals surface area contributed by atoms with Gasteiger partial charge in [-0.15, -0.1) is 5.10 Å². The number of fused-ring (bicyclic) bond motifs is 1. The van der Waals surface area contributed by atoms with E-state index < -0.39 is 37.5 Å². The molecule has 0 aliphatic carbocycles. The van der Waals surface area contributed by atoms with Gasteiger partial charge in [0.15, 0.2) is 12.2 Å². The first-order valence-electron chi connectivity index (χ1n) is 10.3. The average molecular weight is 505 g/mol. The smallest absolute Gasteiger partial charge is 0.464 e. The zero-order valence-electron chi connectivity index (χ0n) is 19.2. The van der Waals surface area contributed by atoms with Gasteiger partial charge in [0.2, 0.25) is 0 Å². The third-order valence-electron chi connectivity index (χ3n) is 3.65. The van der Waals surface area contributed by atoms with Gasteiger partial charge in [0, 0.05) is 0 Å². The Kier molecular flexibility index (Phi) is 12.3. The predicted molar refractivity (Wildman–Crippen MR) is 117 cm³/mol. The zero-order valence-corrected chi connectivity index (χ0v) is 20.0. The SMILES string of the molecule is CCOC(=O)C(O)C(O)C(=O)OCC.CCOP(=O)(OCC)On1nnc2ccccc2c1=O. The van der Waals surface area contributed by atoms with Gasteiger partial charge < -0.3 is 19.7 Å². The number of hydrogen-bond acceptors (Lipinski definition) is 13. The van der Waals surface area contributed by atoms with Gasteiger partial charge in [-0.25, -0.2) is 14.2 Å². The highest BCUT2D eigenvalue weighted by atomic mass is 31.2. The van der Waals surface area contributed by atoms with Crippen molar-refractivity contribution in [1.29, 1.82) is 0 Å². The summed E-state index contributed by atoms with van der Waals surface area (Å²) in [4.78, 5) is 34.3. The van der Waals surface area contributed by atoms with Crippen LogP contribution in [0.5, 0.6) is 0 Å². The topological polar surface area (TPSA) is 186 Å². The van der Waals surface area contributed by atoms with Crippen molar-refractivity contribution in [2.75, 3.05) is 26.4 Å². The molecule has 2 N–H and O–H groups in total. The number of carbonyl (C=O) groups is 2. The van der Waals surface area contributed by atoms with Gasteiger partial charge >= 0.3 is 25.3 Å². The van der Waals surface area contributed by atoms with Crippen LogP contribution in [0.1, 0.15) is 27.7 Å². The molecule has 0 saturated carbocycles. The van der Waals surface area contributed by atoms with E-state index >= 15 is 0 Å². The molecule has 1 aromatic carbocycles. The third kappa shape index (κ3) is 8.47. The number of phosphoric ester groups is 1. The molecular formula is C19H28N3O11P. The lowest BCUT2D eigenvalue weighted by Crippen LogP contribution is -2.41. The molecule has 2 atom stereocenters.